The molecule has 0 aromatic heterocycles. The summed E-state index contributed by atoms with van der Waals surface area (Å²) in [6.07, 6.45) is 0.858. The Morgan fingerprint density at radius 1 is 0.952 bits per heavy atom. The molecule has 0 bridgehead atoms. The number of oxime groups is 2. The van der Waals surface area contributed by atoms with Gasteiger partial charge in [0.1, 0.15) is 0 Å². The van der Waals surface area contributed by atoms with Gasteiger partial charge in [0.2, 0.25) is 0 Å². The van der Waals surface area contributed by atoms with Gasteiger partial charge in [-0.3, -0.25) is 0 Å². The summed E-state index contributed by atoms with van der Waals surface area (Å²) in [5.41, 5.74) is 2.21. The highest BCUT2D eigenvalue weighted by atomic mass is 16.7. The molecule has 0 atom stereocenters. The molecule has 0 amide bonds. The average Bonchev–Trinajstić information content (AvgIpc) is 2.43. The summed E-state index contributed by atoms with van der Waals surface area (Å²) in [6.45, 7) is 4.26. The Hall–Kier alpha value is -2.50. The van der Waals surface area contributed by atoms with E-state index in [0.29, 0.717) is 24.3 Å². The van der Waals surface area contributed by atoms with E-state index in [1.807, 2.05) is 30.3 Å². The fourth-order valence-corrected chi connectivity index (χ4v) is 1.56. The molecule has 21 heavy (non-hydrogen) atoms. The Kier molecular flexibility index (Phi) is 6.80. The summed E-state index contributed by atoms with van der Waals surface area (Å²) in [5, 5.41) is 7.51. The second-order valence-electron chi connectivity index (χ2n) is 4.49. The van der Waals surface area contributed by atoms with Crippen molar-refractivity contribution in [1.82, 2.24) is 0 Å². The molecular weight excluding hydrogens is 272 g/mol. The van der Waals surface area contributed by atoms with Gasteiger partial charge in [-0.05, 0) is 12.5 Å². The Bertz CT molecular complexity index is 550. The lowest BCUT2D eigenvalue weighted by molar-refractivity contribution is -0.141. The van der Waals surface area contributed by atoms with E-state index in [1.54, 1.807) is 6.92 Å². The molecule has 0 fully saturated rings. The zero-order chi connectivity index (χ0) is 15.7. The van der Waals surface area contributed by atoms with Crippen molar-refractivity contribution >= 4 is 23.4 Å². The lowest BCUT2D eigenvalue weighted by Crippen LogP contribution is -2.11. The third-order valence-corrected chi connectivity index (χ3v) is 2.34. The van der Waals surface area contributed by atoms with Crippen LogP contribution in [0, 0.1) is 0 Å². The number of carbonyl (C=O) groups excluding carboxylic acids is 2. The predicted octanol–water partition coefficient (Wildman–Crippen LogP) is 2.48. The quantitative estimate of drug-likeness (QED) is 0.458. The van der Waals surface area contributed by atoms with E-state index >= 15 is 0 Å². The zero-order valence-electron chi connectivity index (χ0n) is 12.3. The van der Waals surface area contributed by atoms with Crippen LogP contribution < -0.4 is 0 Å². The van der Waals surface area contributed by atoms with Gasteiger partial charge in [-0.1, -0.05) is 40.6 Å². The van der Waals surface area contributed by atoms with Crippen LogP contribution in [0.5, 0.6) is 0 Å². The molecule has 0 N–H and O–H groups in total. The van der Waals surface area contributed by atoms with Gasteiger partial charge in [0, 0.05) is 26.7 Å². The zero-order valence-corrected chi connectivity index (χ0v) is 12.3. The van der Waals surface area contributed by atoms with Gasteiger partial charge >= 0.3 is 11.9 Å². The predicted molar refractivity (Wildman–Crippen MR) is 78.8 cm³/mol. The van der Waals surface area contributed by atoms with Crippen LogP contribution in [0.3, 0.4) is 0 Å². The third-order valence-electron chi connectivity index (χ3n) is 2.34. The molecule has 0 saturated carbocycles. The highest BCUT2D eigenvalue weighted by molar-refractivity contribution is 6.04. The SMILES string of the molecule is CC(=O)O/N=C(\C/C(C)=N/OC(C)=O)Cc1ccccc1. The van der Waals surface area contributed by atoms with Crippen LogP contribution >= 0.6 is 0 Å². The minimum Gasteiger partial charge on any atom is -0.319 e. The van der Waals surface area contributed by atoms with E-state index < -0.39 is 11.9 Å². The molecule has 0 aliphatic heterocycles. The van der Waals surface area contributed by atoms with E-state index in [2.05, 4.69) is 20.0 Å². The highest BCUT2D eigenvalue weighted by Gasteiger charge is 2.07. The van der Waals surface area contributed by atoms with Crippen molar-refractivity contribution in [1.29, 1.82) is 0 Å². The maximum absolute atomic E-state index is 10.9. The van der Waals surface area contributed by atoms with Gasteiger partial charge in [-0.15, -0.1) is 0 Å². The first-order valence-corrected chi connectivity index (χ1v) is 6.45. The minimum atomic E-state index is -0.491. The molecule has 1 aromatic carbocycles. The van der Waals surface area contributed by atoms with Crippen molar-refractivity contribution in [2.24, 2.45) is 10.3 Å². The Balaban J connectivity index is 2.77. The second-order valence-corrected chi connectivity index (χ2v) is 4.49. The minimum absolute atomic E-state index is 0.343. The number of rotatable bonds is 6. The Labute approximate surface area is 123 Å². The topological polar surface area (TPSA) is 77.3 Å². The van der Waals surface area contributed by atoms with Crippen LogP contribution in [0.1, 0.15) is 32.8 Å². The molecule has 1 rings (SSSR count). The number of nitrogens with zero attached hydrogens (tertiary/aromatic N) is 2. The smallest absolute Gasteiger partial charge is 0.319 e. The van der Waals surface area contributed by atoms with Crippen LogP contribution in [0.2, 0.25) is 0 Å². The van der Waals surface area contributed by atoms with Gasteiger partial charge < -0.3 is 9.68 Å². The number of hydrogen-bond donors (Lipinski definition) is 0. The standard InChI is InChI=1S/C15H18N2O4/c1-11(16-20-12(2)18)9-15(17-21-13(3)19)10-14-7-5-4-6-8-14/h4-8H,9-10H2,1-3H3/b16-11+,17-15+. The molecule has 1 aromatic rings. The molecule has 0 aliphatic carbocycles. The molecule has 6 nitrogen and oxygen atoms in total. The fraction of sp³-hybridized carbons (Fsp3) is 0.333. The van der Waals surface area contributed by atoms with Crippen molar-refractivity contribution in [3.63, 3.8) is 0 Å². The van der Waals surface area contributed by atoms with E-state index in [0.717, 1.165) is 5.56 Å². The van der Waals surface area contributed by atoms with Crippen molar-refractivity contribution < 1.29 is 19.3 Å². The van der Waals surface area contributed by atoms with Crippen molar-refractivity contribution in [3.8, 4) is 0 Å². The third kappa shape index (κ3) is 7.61. The molecular formula is C15H18N2O4. The van der Waals surface area contributed by atoms with Crippen LogP contribution in [0.15, 0.2) is 40.6 Å². The Morgan fingerprint density at radius 3 is 2.10 bits per heavy atom. The van der Waals surface area contributed by atoms with Crippen LogP contribution in [0.25, 0.3) is 0 Å². The van der Waals surface area contributed by atoms with Crippen LogP contribution in [-0.2, 0) is 25.7 Å². The second kappa shape index (κ2) is 8.63. The lowest BCUT2D eigenvalue weighted by Gasteiger charge is -2.05. The number of hydrogen-bond acceptors (Lipinski definition) is 6. The summed E-state index contributed by atoms with van der Waals surface area (Å²) in [4.78, 5) is 30.8. The monoisotopic (exact) mass is 290 g/mol. The van der Waals surface area contributed by atoms with Gasteiger partial charge in [0.15, 0.2) is 0 Å². The van der Waals surface area contributed by atoms with Crippen molar-refractivity contribution in [3.05, 3.63) is 35.9 Å². The van der Waals surface area contributed by atoms with E-state index in [9.17, 15) is 9.59 Å². The molecule has 0 aliphatic rings. The summed E-state index contributed by atoms with van der Waals surface area (Å²) >= 11 is 0. The summed E-state index contributed by atoms with van der Waals surface area (Å²) in [7, 11) is 0. The van der Waals surface area contributed by atoms with Gasteiger partial charge in [-0.2, -0.15) is 0 Å². The first kappa shape index (κ1) is 16.6. The van der Waals surface area contributed by atoms with Crippen molar-refractivity contribution in [2.75, 3.05) is 0 Å². The summed E-state index contributed by atoms with van der Waals surface area (Å²) in [6, 6.07) is 9.64. The molecule has 0 saturated heterocycles. The molecule has 0 unspecified atom stereocenters. The largest absolute Gasteiger partial charge is 0.331 e. The molecule has 112 valence electrons. The van der Waals surface area contributed by atoms with E-state index in [4.69, 9.17) is 0 Å². The first-order valence-electron chi connectivity index (χ1n) is 6.45. The normalized spacial score (nSPS) is 12.0. The molecule has 0 radical (unpaired) electrons. The van der Waals surface area contributed by atoms with Crippen LogP contribution in [-0.4, -0.2) is 23.4 Å². The van der Waals surface area contributed by atoms with E-state index in [1.165, 1.54) is 13.8 Å². The van der Waals surface area contributed by atoms with Gasteiger partial charge in [0.25, 0.3) is 0 Å². The molecule has 0 heterocycles. The van der Waals surface area contributed by atoms with E-state index in [-0.39, 0.29) is 0 Å². The lowest BCUT2D eigenvalue weighted by atomic mass is 10.0. The molecule has 6 heteroatoms. The number of benzene rings is 1. The number of carbonyl (C=O) groups is 2. The highest BCUT2D eigenvalue weighted by Crippen LogP contribution is 2.05. The summed E-state index contributed by atoms with van der Waals surface area (Å²) in [5.74, 6) is -0.981. The average molecular weight is 290 g/mol. The first-order chi connectivity index (χ1) is 9.97. The van der Waals surface area contributed by atoms with Gasteiger partial charge in [-0.25, -0.2) is 9.59 Å². The van der Waals surface area contributed by atoms with Crippen LogP contribution in [0.4, 0.5) is 0 Å². The van der Waals surface area contributed by atoms with Crippen molar-refractivity contribution in [2.45, 2.75) is 33.6 Å². The Morgan fingerprint density at radius 2 is 1.52 bits per heavy atom. The maximum atomic E-state index is 10.9. The van der Waals surface area contributed by atoms with Gasteiger partial charge in [0.05, 0.1) is 11.4 Å². The fourth-order valence-electron chi connectivity index (χ4n) is 1.56. The maximum Gasteiger partial charge on any atom is 0.331 e. The molecule has 0 spiro atoms. The summed E-state index contributed by atoms with van der Waals surface area (Å²) < 4.78 is 0.